The Morgan fingerprint density at radius 1 is 1.73 bits per heavy atom. The van der Waals surface area contributed by atoms with Crippen molar-refractivity contribution in [3.63, 3.8) is 0 Å². The van der Waals surface area contributed by atoms with Crippen LogP contribution in [-0.2, 0) is 0 Å². The van der Waals surface area contributed by atoms with E-state index in [4.69, 9.17) is 5.53 Å². The fraction of sp³-hybridized carbons (Fsp3) is 0.500. The number of hydrogen-bond donors (Lipinski definition) is 0. The normalized spacial score (nSPS) is 16.5. The van der Waals surface area contributed by atoms with Crippen LogP contribution in [0.4, 0.5) is 0 Å². The largest absolute Gasteiger partial charge is 0.0896 e. The summed E-state index contributed by atoms with van der Waals surface area (Å²) in [6.07, 6.45) is 6.41. The summed E-state index contributed by atoms with van der Waals surface area (Å²) in [4.78, 5) is 2.72. The van der Waals surface area contributed by atoms with Crippen LogP contribution in [0.2, 0.25) is 0 Å². The third-order valence-corrected chi connectivity index (χ3v) is 1.70. The van der Waals surface area contributed by atoms with Crippen molar-refractivity contribution < 1.29 is 0 Å². The van der Waals surface area contributed by atoms with Crippen LogP contribution >= 0.6 is 0 Å². The van der Waals surface area contributed by atoms with Gasteiger partial charge in [-0.2, -0.15) is 0 Å². The molecule has 0 fully saturated rings. The van der Waals surface area contributed by atoms with Crippen LogP contribution in [-0.4, -0.2) is 6.54 Å². The van der Waals surface area contributed by atoms with Gasteiger partial charge in [0.15, 0.2) is 0 Å². The Hall–Kier alpha value is -1.21. The van der Waals surface area contributed by atoms with Crippen molar-refractivity contribution in [2.24, 2.45) is 5.11 Å². The molecule has 0 amide bonds. The molecule has 1 rings (SSSR count). The van der Waals surface area contributed by atoms with E-state index in [2.05, 4.69) is 29.1 Å². The van der Waals surface area contributed by atoms with Gasteiger partial charge >= 0.3 is 0 Å². The first-order valence-electron chi connectivity index (χ1n) is 3.70. The molecule has 0 N–H and O–H groups in total. The van der Waals surface area contributed by atoms with E-state index in [0.29, 0.717) is 6.54 Å². The molecule has 0 unspecified atom stereocenters. The zero-order valence-electron chi connectivity index (χ0n) is 6.62. The molecule has 1 aliphatic rings. The SMILES string of the molecule is CC1=CCCC(CN=[N+]=[N-])=C1. The highest BCUT2D eigenvalue weighted by molar-refractivity contribution is 5.26. The molecular weight excluding hydrogens is 138 g/mol. The second kappa shape index (κ2) is 3.84. The first-order valence-corrected chi connectivity index (χ1v) is 3.70. The van der Waals surface area contributed by atoms with Gasteiger partial charge in [0.2, 0.25) is 0 Å². The lowest BCUT2D eigenvalue weighted by Gasteiger charge is -2.07. The van der Waals surface area contributed by atoms with Crippen molar-refractivity contribution in [1.29, 1.82) is 0 Å². The molecule has 1 aliphatic carbocycles. The standard InChI is InChI=1S/C8H11N3/c1-7-3-2-4-8(5-7)6-10-11-9/h3,5H,2,4,6H2,1H3. The molecule has 0 radical (unpaired) electrons. The summed E-state index contributed by atoms with van der Waals surface area (Å²) in [6.45, 7) is 2.59. The third kappa shape index (κ3) is 2.48. The summed E-state index contributed by atoms with van der Waals surface area (Å²) >= 11 is 0. The molecule has 58 valence electrons. The molecule has 11 heavy (non-hydrogen) atoms. The predicted molar refractivity (Wildman–Crippen MR) is 45.1 cm³/mol. The Bertz CT molecular complexity index is 244. The first-order chi connectivity index (χ1) is 5.33. The van der Waals surface area contributed by atoms with E-state index in [0.717, 1.165) is 12.8 Å². The van der Waals surface area contributed by atoms with Gasteiger partial charge in [0.05, 0.1) is 0 Å². The highest BCUT2D eigenvalue weighted by Gasteiger charge is 2.00. The minimum atomic E-state index is 0.529. The Kier molecular flexibility index (Phi) is 2.75. The minimum Gasteiger partial charge on any atom is -0.0896 e. The molecule has 0 saturated heterocycles. The van der Waals surface area contributed by atoms with Gasteiger partial charge in [-0.1, -0.05) is 28.4 Å². The quantitative estimate of drug-likeness (QED) is 0.329. The molecule has 3 nitrogen and oxygen atoms in total. The van der Waals surface area contributed by atoms with Crippen molar-refractivity contribution in [3.05, 3.63) is 33.7 Å². The van der Waals surface area contributed by atoms with Crippen LogP contribution in [0.5, 0.6) is 0 Å². The van der Waals surface area contributed by atoms with E-state index in [1.807, 2.05) is 0 Å². The fourth-order valence-electron chi connectivity index (χ4n) is 1.19. The van der Waals surface area contributed by atoms with Gasteiger partial charge in [-0.3, -0.25) is 0 Å². The number of nitrogens with zero attached hydrogens (tertiary/aromatic N) is 3. The number of hydrogen-bond acceptors (Lipinski definition) is 1. The zero-order valence-corrected chi connectivity index (χ0v) is 6.62. The molecule has 0 aromatic carbocycles. The smallest absolute Gasteiger partial charge is 0.0473 e. The number of allylic oxidation sites excluding steroid dienone is 3. The topological polar surface area (TPSA) is 48.8 Å². The second-order valence-corrected chi connectivity index (χ2v) is 2.68. The Balaban J connectivity index is 2.58. The van der Waals surface area contributed by atoms with E-state index in [9.17, 15) is 0 Å². The molecule has 0 aromatic heterocycles. The van der Waals surface area contributed by atoms with E-state index in [1.54, 1.807) is 0 Å². The average Bonchev–Trinajstić information content (AvgIpc) is 2.01. The molecule has 0 spiro atoms. The Morgan fingerprint density at radius 3 is 3.18 bits per heavy atom. The molecule has 0 aliphatic heterocycles. The van der Waals surface area contributed by atoms with Crippen LogP contribution in [0.25, 0.3) is 10.4 Å². The third-order valence-electron chi connectivity index (χ3n) is 1.70. The zero-order chi connectivity index (χ0) is 8.10. The highest BCUT2D eigenvalue weighted by Crippen LogP contribution is 2.16. The van der Waals surface area contributed by atoms with Gasteiger partial charge in [0, 0.05) is 11.5 Å². The van der Waals surface area contributed by atoms with Gasteiger partial charge in [0.25, 0.3) is 0 Å². The molecule has 3 heteroatoms. The Morgan fingerprint density at radius 2 is 2.55 bits per heavy atom. The summed E-state index contributed by atoms with van der Waals surface area (Å²) < 4.78 is 0. The summed E-state index contributed by atoms with van der Waals surface area (Å²) in [5, 5.41) is 3.51. The van der Waals surface area contributed by atoms with Crippen molar-refractivity contribution >= 4 is 0 Å². The van der Waals surface area contributed by atoms with Crippen LogP contribution in [0.3, 0.4) is 0 Å². The number of azide groups is 1. The average molecular weight is 149 g/mol. The van der Waals surface area contributed by atoms with Gasteiger partial charge in [-0.05, 0) is 25.3 Å². The lowest BCUT2D eigenvalue weighted by Crippen LogP contribution is -1.93. The van der Waals surface area contributed by atoms with E-state index in [1.165, 1.54) is 11.1 Å². The summed E-state index contributed by atoms with van der Waals surface area (Å²) in [5.41, 5.74) is 10.6. The highest BCUT2D eigenvalue weighted by atomic mass is 15.1. The first kappa shape index (κ1) is 7.89. The summed E-state index contributed by atoms with van der Waals surface area (Å²) in [7, 11) is 0. The second-order valence-electron chi connectivity index (χ2n) is 2.68. The van der Waals surface area contributed by atoms with Crippen molar-refractivity contribution in [2.45, 2.75) is 19.8 Å². The maximum atomic E-state index is 8.08. The van der Waals surface area contributed by atoms with E-state index >= 15 is 0 Å². The van der Waals surface area contributed by atoms with Crippen LogP contribution in [0, 0.1) is 0 Å². The summed E-state index contributed by atoms with van der Waals surface area (Å²) in [6, 6.07) is 0. The van der Waals surface area contributed by atoms with Gasteiger partial charge in [-0.25, -0.2) is 0 Å². The van der Waals surface area contributed by atoms with Crippen LogP contribution in [0.15, 0.2) is 28.4 Å². The molecule has 0 atom stereocenters. The fourth-order valence-corrected chi connectivity index (χ4v) is 1.19. The molecule has 0 bridgehead atoms. The lowest BCUT2D eigenvalue weighted by molar-refractivity contribution is 0.899. The molecule has 0 aromatic rings. The number of rotatable bonds is 2. The maximum absolute atomic E-state index is 8.08. The van der Waals surface area contributed by atoms with E-state index in [-0.39, 0.29) is 0 Å². The Labute approximate surface area is 66.0 Å². The minimum absolute atomic E-state index is 0.529. The van der Waals surface area contributed by atoms with Gasteiger partial charge in [0.1, 0.15) is 0 Å². The maximum Gasteiger partial charge on any atom is 0.0473 e. The predicted octanol–water partition coefficient (Wildman–Crippen LogP) is 2.96. The van der Waals surface area contributed by atoms with Crippen molar-refractivity contribution in [3.8, 4) is 0 Å². The monoisotopic (exact) mass is 149 g/mol. The van der Waals surface area contributed by atoms with Crippen LogP contribution in [0.1, 0.15) is 19.8 Å². The van der Waals surface area contributed by atoms with Crippen LogP contribution < -0.4 is 0 Å². The summed E-state index contributed by atoms with van der Waals surface area (Å²) in [5.74, 6) is 0. The van der Waals surface area contributed by atoms with Crippen molar-refractivity contribution in [1.82, 2.24) is 0 Å². The van der Waals surface area contributed by atoms with E-state index < -0.39 is 0 Å². The molecule has 0 saturated carbocycles. The van der Waals surface area contributed by atoms with Gasteiger partial charge < -0.3 is 0 Å². The lowest BCUT2D eigenvalue weighted by atomic mass is 10.0. The molecular formula is C8H11N3. The molecule has 0 heterocycles. The van der Waals surface area contributed by atoms with Gasteiger partial charge in [-0.15, -0.1) is 0 Å². The van der Waals surface area contributed by atoms with Crippen molar-refractivity contribution in [2.75, 3.05) is 6.54 Å².